The van der Waals surface area contributed by atoms with Crippen LogP contribution in [0.5, 0.6) is 0 Å². The Hall–Kier alpha value is -1.50. The molecule has 7 nitrogen and oxygen atoms in total. The van der Waals surface area contributed by atoms with Gasteiger partial charge in [-0.15, -0.1) is 0 Å². The van der Waals surface area contributed by atoms with Crippen LogP contribution in [0.3, 0.4) is 0 Å². The van der Waals surface area contributed by atoms with Crippen LogP contribution in [0.25, 0.3) is 0 Å². The molecule has 1 amide bonds. The van der Waals surface area contributed by atoms with Crippen LogP contribution in [0.2, 0.25) is 0 Å². The molecule has 1 heterocycles. The van der Waals surface area contributed by atoms with E-state index in [1.165, 1.54) is 19.3 Å². The Morgan fingerprint density at radius 1 is 1.19 bits per heavy atom. The Morgan fingerprint density at radius 2 is 1.81 bits per heavy atom. The molecule has 2 atom stereocenters. The van der Waals surface area contributed by atoms with Gasteiger partial charge in [-0.3, -0.25) is 0 Å². The number of hydrogen-bond acceptors (Lipinski definition) is 4. The minimum absolute atomic E-state index is 0.235. The summed E-state index contributed by atoms with van der Waals surface area (Å²) in [5, 5.41) is 0. The zero-order valence-electron chi connectivity index (χ0n) is 16.7. The first-order chi connectivity index (χ1) is 12.2. The SMILES string of the molecule is CCOC1CC(N=C(N)N2CCN(C(=O)OC(C)(C)C)CC2)C12CCC2. The van der Waals surface area contributed by atoms with Gasteiger partial charge < -0.3 is 25.0 Å². The van der Waals surface area contributed by atoms with E-state index in [-0.39, 0.29) is 17.6 Å². The second-order valence-corrected chi connectivity index (χ2v) is 8.72. The first-order valence-electron chi connectivity index (χ1n) is 9.93. The van der Waals surface area contributed by atoms with E-state index in [0.29, 0.717) is 38.2 Å². The maximum atomic E-state index is 12.2. The normalized spacial score (nSPS) is 28.5. The third-order valence-corrected chi connectivity index (χ3v) is 5.94. The Kier molecular flexibility index (Phi) is 5.37. The highest BCUT2D eigenvalue weighted by atomic mass is 16.6. The molecule has 3 aliphatic rings. The predicted molar refractivity (Wildman–Crippen MR) is 101 cm³/mol. The van der Waals surface area contributed by atoms with Crippen molar-refractivity contribution in [2.45, 2.75) is 71.1 Å². The third-order valence-electron chi connectivity index (χ3n) is 5.94. The van der Waals surface area contributed by atoms with Crippen molar-refractivity contribution in [1.29, 1.82) is 0 Å². The molecule has 148 valence electrons. The molecule has 2 unspecified atom stereocenters. The van der Waals surface area contributed by atoms with E-state index >= 15 is 0 Å². The number of nitrogens with zero attached hydrogens (tertiary/aromatic N) is 3. The quantitative estimate of drug-likeness (QED) is 0.612. The highest BCUT2D eigenvalue weighted by Gasteiger charge is 2.59. The molecule has 0 aromatic carbocycles. The molecule has 2 saturated carbocycles. The molecule has 26 heavy (non-hydrogen) atoms. The van der Waals surface area contributed by atoms with Crippen LogP contribution in [-0.2, 0) is 9.47 Å². The Morgan fingerprint density at radius 3 is 2.31 bits per heavy atom. The average Bonchev–Trinajstić information content (AvgIpc) is 2.50. The predicted octanol–water partition coefficient (Wildman–Crippen LogP) is 2.20. The molecule has 2 aliphatic carbocycles. The summed E-state index contributed by atoms with van der Waals surface area (Å²) in [6.07, 6.45) is 4.75. The summed E-state index contributed by atoms with van der Waals surface area (Å²) < 4.78 is 11.3. The standard InChI is InChI=1S/C19H34N4O3/c1-5-25-15-13-14(19(15)7-6-8-19)21-16(20)22-9-11-23(12-10-22)17(24)26-18(2,3)4/h14-15H,5-13H2,1-4H3,(H2,20,21). The van der Waals surface area contributed by atoms with Crippen LogP contribution in [0.15, 0.2) is 4.99 Å². The molecule has 7 heteroatoms. The Balaban J connectivity index is 1.52. The minimum atomic E-state index is -0.465. The van der Waals surface area contributed by atoms with Crippen LogP contribution < -0.4 is 5.73 Å². The summed E-state index contributed by atoms with van der Waals surface area (Å²) in [5.41, 5.74) is 6.07. The fourth-order valence-electron chi connectivity index (χ4n) is 4.27. The van der Waals surface area contributed by atoms with Crippen LogP contribution >= 0.6 is 0 Å². The molecule has 1 aliphatic heterocycles. The molecule has 0 aromatic rings. The van der Waals surface area contributed by atoms with Crippen LogP contribution in [0.4, 0.5) is 4.79 Å². The molecule has 0 bridgehead atoms. The van der Waals surface area contributed by atoms with Gasteiger partial charge in [0, 0.05) is 38.2 Å². The fraction of sp³-hybridized carbons (Fsp3) is 0.895. The summed E-state index contributed by atoms with van der Waals surface area (Å²) in [6.45, 7) is 11.1. The van der Waals surface area contributed by atoms with Gasteiger partial charge in [0.1, 0.15) is 5.60 Å². The Bertz CT molecular complexity index is 545. The van der Waals surface area contributed by atoms with Gasteiger partial charge in [-0.2, -0.15) is 0 Å². The van der Waals surface area contributed by atoms with Crippen LogP contribution in [0, 0.1) is 5.41 Å². The van der Waals surface area contributed by atoms with E-state index in [1.54, 1.807) is 4.90 Å². The van der Waals surface area contributed by atoms with Gasteiger partial charge in [0.2, 0.25) is 0 Å². The van der Waals surface area contributed by atoms with Crippen molar-refractivity contribution in [3.63, 3.8) is 0 Å². The monoisotopic (exact) mass is 366 g/mol. The van der Waals surface area contributed by atoms with Crippen molar-refractivity contribution < 1.29 is 14.3 Å². The molecule has 2 N–H and O–H groups in total. The molecule has 0 radical (unpaired) electrons. The molecule has 3 fully saturated rings. The van der Waals surface area contributed by atoms with Gasteiger partial charge in [-0.1, -0.05) is 6.42 Å². The van der Waals surface area contributed by atoms with E-state index in [0.717, 1.165) is 13.0 Å². The highest BCUT2D eigenvalue weighted by molar-refractivity contribution is 5.79. The lowest BCUT2D eigenvalue weighted by molar-refractivity contribution is -0.162. The third kappa shape index (κ3) is 3.77. The van der Waals surface area contributed by atoms with Gasteiger partial charge in [0.25, 0.3) is 0 Å². The van der Waals surface area contributed by atoms with E-state index < -0.39 is 5.60 Å². The molecule has 1 spiro atoms. The zero-order chi connectivity index (χ0) is 18.9. The molecule has 3 rings (SSSR count). The van der Waals surface area contributed by atoms with Crippen molar-refractivity contribution in [2.75, 3.05) is 32.8 Å². The van der Waals surface area contributed by atoms with Crippen LogP contribution in [-0.4, -0.2) is 72.4 Å². The van der Waals surface area contributed by atoms with Gasteiger partial charge in [-0.05, 0) is 47.0 Å². The van der Waals surface area contributed by atoms with Gasteiger partial charge in [-0.25, -0.2) is 9.79 Å². The highest BCUT2D eigenvalue weighted by Crippen LogP contribution is 2.58. The second kappa shape index (κ2) is 7.25. The van der Waals surface area contributed by atoms with E-state index in [2.05, 4.69) is 11.8 Å². The van der Waals surface area contributed by atoms with Gasteiger partial charge >= 0.3 is 6.09 Å². The van der Waals surface area contributed by atoms with E-state index in [9.17, 15) is 4.79 Å². The number of aliphatic imine (C=N–C) groups is 1. The maximum absolute atomic E-state index is 12.2. The minimum Gasteiger partial charge on any atom is -0.444 e. The van der Waals surface area contributed by atoms with Crippen LogP contribution in [0.1, 0.15) is 53.4 Å². The van der Waals surface area contributed by atoms with Crippen molar-refractivity contribution in [3.8, 4) is 0 Å². The molecule has 1 saturated heterocycles. The first kappa shape index (κ1) is 19.3. The molecule has 0 aromatic heterocycles. The van der Waals surface area contributed by atoms with Crippen molar-refractivity contribution in [3.05, 3.63) is 0 Å². The molecular weight excluding hydrogens is 332 g/mol. The summed E-state index contributed by atoms with van der Waals surface area (Å²) in [6, 6.07) is 0.289. The lowest BCUT2D eigenvalue weighted by Gasteiger charge is -2.59. The smallest absolute Gasteiger partial charge is 0.410 e. The van der Waals surface area contributed by atoms with Crippen molar-refractivity contribution in [1.82, 2.24) is 9.80 Å². The summed E-state index contributed by atoms with van der Waals surface area (Å²) in [4.78, 5) is 20.8. The fourth-order valence-corrected chi connectivity index (χ4v) is 4.27. The van der Waals surface area contributed by atoms with Gasteiger partial charge in [0.05, 0.1) is 12.1 Å². The number of carbonyl (C=O) groups excluding carboxylic acids is 1. The first-order valence-corrected chi connectivity index (χ1v) is 9.93. The number of hydrogen-bond donors (Lipinski definition) is 1. The zero-order valence-corrected chi connectivity index (χ0v) is 16.7. The van der Waals surface area contributed by atoms with Gasteiger partial charge in [0.15, 0.2) is 5.96 Å². The maximum Gasteiger partial charge on any atom is 0.410 e. The summed E-state index contributed by atoms with van der Waals surface area (Å²) in [5.74, 6) is 0.611. The van der Waals surface area contributed by atoms with E-state index in [1.807, 2.05) is 20.8 Å². The van der Waals surface area contributed by atoms with E-state index in [4.69, 9.17) is 20.2 Å². The van der Waals surface area contributed by atoms with Crippen molar-refractivity contribution in [2.24, 2.45) is 16.1 Å². The largest absolute Gasteiger partial charge is 0.444 e. The lowest BCUT2D eigenvalue weighted by Crippen LogP contribution is -2.62. The number of amides is 1. The number of piperazine rings is 1. The topological polar surface area (TPSA) is 80.4 Å². The number of nitrogens with two attached hydrogens (primary N) is 1. The second-order valence-electron chi connectivity index (χ2n) is 8.72. The Labute approximate surface area is 156 Å². The summed E-state index contributed by atoms with van der Waals surface area (Å²) in [7, 11) is 0. The number of ether oxygens (including phenoxy) is 2. The number of rotatable bonds is 3. The number of carbonyl (C=O) groups is 1. The number of guanidine groups is 1. The van der Waals surface area contributed by atoms with Crippen molar-refractivity contribution >= 4 is 12.1 Å². The lowest BCUT2D eigenvalue weighted by atomic mass is 9.51. The average molecular weight is 367 g/mol. The molecular formula is C19H34N4O3. The summed E-state index contributed by atoms with van der Waals surface area (Å²) >= 11 is 0.